The molecule has 3 nitrogen and oxygen atoms in total. The van der Waals surface area contributed by atoms with Gasteiger partial charge in [0.25, 0.3) is 0 Å². The zero-order chi connectivity index (χ0) is 13.7. The Balaban J connectivity index is 1.74. The summed E-state index contributed by atoms with van der Waals surface area (Å²) in [5, 5.41) is 0. The number of likely N-dealkylation sites (N-methyl/N-ethyl adjacent to an activating group) is 1. The number of fused-ring (bicyclic) bond motifs is 1. The Morgan fingerprint density at radius 1 is 1.37 bits per heavy atom. The molecule has 1 aliphatic rings. The van der Waals surface area contributed by atoms with Crippen LogP contribution in [0.3, 0.4) is 0 Å². The third kappa shape index (κ3) is 4.35. The normalized spacial score (nSPS) is 13.4. The van der Waals surface area contributed by atoms with Crippen LogP contribution in [0.2, 0.25) is 0 Å². The third-order valence-corrected chi connectivity index (χ3v) is 3.60. The molecule has 0 fully saturated rings. The standard InChI is InChI=1S/C16H23NO2/c1-13(18)4-3-9-17(2)10-7-14-5-6-16-15(12-14)8-11-19-16/h5-6,12H,3-4,7-11H2,1-2H3. The fourth-order valence-corrected chi connectivity index (χ4v) is 2.43. The van der Waals surface area contributed by atoms with Crippen LogP contribution in [0.1, 0.15) is 30.9 Å². The number of ketones is 1. The number of Topliss-reactive ketones (excluding diaryl/α,β-unsaturated/α-hetero) is 1. The van der Waals surface area contributed by atoms with Gasteiger partial charge >= 0.3 is 0 Å². The fourth-order valence-electron chi connectivity index (χ4n) is 2.43. The molecule has 0 saturated heterocycles. The molecule has 19 heavy (non-hydrogen) atoms. The summed E-state index contributed by atoms with van der Waals surface area (Å²) in [4.78, 5) is 13.2. The number of carbonyl (C=O) groups excluding carboxylic acids is 1. The highest BCUT2D eigenvalue weighted by Gasteiger charge is 2.12. The molecule has 3 heteroatoms. The van der Waals surface area contributed by atoms with E-state index in [-0.39, 0.29) is 5.78 Å². The van der Waals surface area contributed by atoms with Gasteiger partial charge in [0.15, 0.2) is 0 Å². The summed E-state index contributed by atoms with van der Waals surface area (Å²) in [5.41, 5.74) is 2.72. The average Bonchev–Trinajstić information content (AvgIpc) is 2.83. The van der Waals surface area contributed by atoms with E-state index in [2.05, 4.69) is 30.1 Å². The average molecular weight is 261 g/mol. The number of nitrogens with zero attached hydrogens (tertiary/aromatic N) is 1. The van der Waals surface area contributed by atoms with E-state index in [0.29, 0.717) is 6.42 Å². The molecule has 104 valence electrons. The van der Waals surface area contributed by atoms with Gasteiger partial charge in [0.1, 0.15) is 11.5 Å². The predicted octanol–water partition coefficient (Wildman–Crippen LogP) is 2.47. The van der Waals surface area contributed by atoms with Crippen molar-refractivity contribution in [3.8, 4) is 5.75 Å². The first kappa shape index (κ1) is 14.1. The minimum absolute atomic E-state index is 0.284. The maximum Gasteiger partial charge on any atom is 0.129 e. The zero-order valence-corrected chi connectivity index (χ0v) is 11.9. The number of carbonyl (C=O) groups is 1. The minimum atomic E-state index is 0.284. The molecule has 0 unspecified atom stereocenters. The Bertz CT molecular complexity index is 442. The fraction of sp³-hybridized carbons (Fsp3) is 0.562. The van der Waals surface area contributed by atoms with Crippen molar-refractivity contribution in [2.24, 2.45) is 0 Å². The van der Waals surface area contributed by atoms with Crippen LogP contribution in [0, 0.1) is 0 Å². The second-order valence-electron chi connectivity index (χ2n) is 5.40. The van der Waals surface area contributed by atoms with Gasteiger partial charge in [-0.05, 0) is 50.6 Å². The molecular formula is C16H23NO2. The largest absolute Gasteiger partial charge is 0.493 e. The number of hydrogen-bond donors (Lipinski definition) is 0. The van der Waals surface area contributed by atoms with Gasteiger partial charge < -0.3 is 14.4 Å². The van der Waals surface area contributed by atoms with Gasteiger partial charge in [-0.15, -0.1) is 0 Å². The maximum atomic E-state index is 10.9. The van der Waals surface area contributed by atoms with Crippen molar-refractivity contribution >= 4 is 5.78 Å². The molecule has 0 radical (unpaired) electrons. The molecule has 0 amide bonds. The van der Waals surface area contributed by atoms with E-state index in [1.165, 1.54) is 11.1 Å². The molecule has 0 aliphatic carbocycles. The summed E-state index contributed by atoms with van der Waals surface area (Å²) in [6.07, 6.45) is 3.76. The lowest BCUT2D eigenvalue weighted by Crippen LogP contribution is -2.22. The topological polar surface area (TPSA) is 29.5 Å². The molecule has 1 heterocycles. The van der Waals surface area contributed by atoms with Gasteiger partial charge in [0.05, 0.1) is 6.61 Å². The Kier molecular flexibility index (Phi) is 4.97. The van der Waals surface area contributed by atoms with Crippen molar-refractivity contribution in [2.75, 3.05) is 26.7 Å². The highest BCUT2D eigenvalue weighted by Crippen LogP contribution is 2.25. The highest BCUT2D eigenvalue weighted by molar-refractivity contribution is 5.75. The Morgan fingerprint density at radius 2 is 2.21 bits per heavy atom. The Labute approximate surface area is 115 Å². The van der Waals surface area contributed by atoms with Crippen molar-refractivity contribution < 1.29 is 9.53 Å². The smallest absolute Gasteiger partial charge is 0.129 e. The number of hydrogen-bond acceptors (Lipinski definition) is 3. The first-order chi connectivity index (χ1) is 9.15. The maximum absolute atomic E-state index is 10.9. The van der Waals surface area contributed by atoms with Gasteiger partial charge in [-0.1, -0.05) is 12.1 Å². The van der Waals surface area contributed by atoms with Crippen molar-refractivity contribution in [1.29, 1.82) is 0 Å². The Morgan fingerprint density at radius 3 is 3.00 bits per heavy atom. The third-order valence-electron chi connectivity index (χ3n) is 3.60. The molecular weight excluding hydrogens is 238 g/mol. The van der Waals surface area contributed by atoms with Crippen LogP contribution in [0.4, 0.5) is 0 Å². The van der Waals surface area contributed by atoms with E-state index in [4.69, 9.17) is 4.74 Å². The first-order valence-electron chi connectivity index (χ1n) is 7.08. The molecule has 2 rings (SSSR count). The van der Waals surface area contributed by atoms with Gasteiger partial charge in [0.2, 0.25) is 0 Å². The summed E-state index contributed by atoms with van der Waals surface area (Å²) in [6.45, 7) is 4.52. The van der Waals surface area contributed by atoms with Crippen LogP contribution in [-0.2, 0) is 17.6 Å². The second kappa shape index (κ2) is 6.71. The molecule has 0 saturated carbocycles. The molecule has 0 atom stereocenters. The van der Waals surface area contributed by atoms with E-state index in [0.717, 1.165) is 44.7 Å². The Hall–Kier alpha value is -1.35. The van der Waals surface area contributed by atoms with E-state index in [9.17, 15) is 4.79 Å². The molecule has 1 aromatic rings. The van der Waals surface area contributed by atoms with Crippen LogP contribution in [0.15, 0.2) is 18.2 Å². The highest BCUT2D eigenvalue weighted by atomic mass is 16.5. The lowest BCUT2D eigenvalue weighted by Gasteiger charge is -2.16. The number of ether oxygens (including phenoxy) is 1. The van der Waals surface area contributed by atoms with E-state index >= 15 is 0 Å². The minimum Gasteiger partial charge on any atom is -0.493 e. The summed E-state index contributed by atoms with van der Waals surface area (Å²) in [6, 6.07) is 6.52. The summed E-state index contributed by atoms with van der Waals surface area (Å²) >= 11 is 0. The van der Waals surface area contributed by atoms with Gasteiger partial charge in [0, 0.05) is 19.4 Å². The SMILES string of the molecule is CC(=O)CCCN(C)CCc1ccc2c(c1)CCO2. The molecule has 1 aliphatic heterocycles. The molecule has 0 aromatic heterocycles. The zero-order valence-electron chi connectivity index (χ0n) is 11.9. The van der Waals surface area contributed by atoms with Crippen molar-refractivity contribution in [2.45, 2.75) is 32.6 Å². The van der Waals surface area contributed by atoms with Crippen LogP contribution in [-0.4, -0.2) is 37.4 Å². The molecule has 1 aromatic carbocycles. The monoisotopic (exact) mass is 261 g/mol. The lowest BCUT2D eigenvalue weighted by molar-refractivity contribution is -0.117. The summed E-state index contributed by atoms with van der Waals surface area (Å²) < 4.78 is 5.51. The molecule has 0 spiro atoms. The van der Waals surface area contributed by atoms with Crippen LogP contribution < -0.4 is 4.74 Å². The van der Waals surface area contributed by atoms with Crippen LogP contribution >= 0.6 is 0 Å². The lowest BCUT2D eigenvalue weighted by atomic mass is 10.1. The molecule has 0 N–H and O–H groups in total. The summed E-state index contributed by atoms with van der Waals surface area (Å²) in [5.74, 6) is 1.34. The predicted molar refractivity (Wildman–Crippen MR) is 76.8 cm³/mol. The van der Waals surface area contributed by atoms with Gasteiger partial charge in [-0.25, -0.2) is 0 Å². The van der Waals surface area contributed by atoms with E-state index in [1.807, 2.05) is 0 Å². The van der Waals surface area contributed by atoms with Crippen LogP contribution in [0.5, 0.6) is 5.75 Å². The van der Waals surface area contributed by atoms with Crippen LogP contribution in [0.25, 0.3) is 0 Å². The van der Waals surface area contributed by atoms with Gasteiger partial charge in [-0.2, -0.15) is 0 Å². The van der Waals surface area contributed by atoms with E-state index in [1.54, 1.807) is 6.92 Å². The number of rotatable bonds is 7. The quantitative estimate of drug-likeness (QED) is 0.755. The van der Waals surface area contributed by atoms with Crippen molar-refractivity contribution in [3.63, 3.8) is 0 Å². The number of benzene rings is 1. The second-order valence-corrected chi connectivity index (χ2v) is 5.40. The first-order valence-corrected chi connectivity index (χ1v) is 7.08. The van der Waals surface area contributed by atoms with Gasteiger partial charge in [-0.3, -0.25) is 0 Å². The summed E-state index contributed by atoms with van der Waals surface area (Å²) in [7, 11) is 2.12. The van der Waals surface area contributed by atoms with Crippen molar-refractivity contribution in [1.82, 2.24) is 4.90 Å². The molecule has 0 bridgehead atoms. The van der Waals surface area contributed by atoms with E-state index < -0.39 is 0 Å². The van der Waals surface area contributed by atoms with Crippen molar-refractivity contribution in [3.05, 3.63) is 29.3 Å².